The van der Waals surface area contributed by atoms with Gasteiger partial charge in [0, 0.05) is 6.54 Å². The highest BCUT2D eigenvalue weighted by Gasteiger charge is 2.02. The number of carbonyl (C=O) groups is 1. The van der Waals surface area contributed by atoms with Gasteiger partial charge in [-0.2, -0.15) is 0 Å². The summed E-state index contributed by atoms with van der Waals surface area (Å²) < 4.78 is 12.6. The number of nitrogens with one attached hydrogen (secondary N) is 1. The molecule has 0 saturated heterocycles. The molecule has 1 aromatic rings. The van der Waals surface area contributed by atoms with E-state index in [1.54, 1.807) is 12.1 Å². The van der Waals surface area contributed by atoms with Crippen molar-refractivity contribution < 1.29 is 14.0 Å². The van der Waals surface area contributed by atoms with E-state index in [0.29, 0.717) is 19.6 Å². The van der Waals surface area contributed by atoms with E-state index in [-0.39, 0.29) is 18.1 Å². The average molecular weight is 226 g/mol. The molecular weight excluding hydrogens is 211 g/mol. The van der Waals surface area contributed by atoms with Crippen LogP contribution in [-0.4, -0.2) is 19.1 Å². The van der Waals surface area contributed by atoms with Crippen LogP contribution < -0.4 is 11.2 Å². The third kappa shape index (κ3) is 4.86. The summed E-state index contributed by atoms with van der Waals surface area (Å²) in [6.07, 6.45) is 0.926. The molecule has 1 rings (SSSR count). The SMILES string of the molecule is NOCCCNC(=O)Cc1ccc(F)cc1. The Kier molecular flexibility index (Phi) is 5.45. The molecule has 0 fully saturated rings. The lowest BCUT2D eigenvalue weighted by atomic mass is 10.1. The topological polar surface area (TPSA) is 64.3 Å². The molecule has 0 unspecified atom stereocenters. The molecule has 0 aromatic heterocycles. The summed E-state index contributed by atoms with van der Waals surface area (Å²) in [6.45, 7) is 0.939. The van der Waals surface area contributed by atoms with Gasteiger partial charge in [-0.25, -0.2) is 10.3 Å². The molecule has 0 bridgehead atoms. The number of hydrogen-bond acceptors (Lipinski definition) is 3. The highest BCUT2D eigenvalue weighted by Crippen LogP contribution is 2.03. The second kappa shape index (κ2) is 6.92. The lowest BCUT2D eigenvalue weighted by molar-refractivity contribution is -0.120. The molecule has 0 radical (unpaired) electrons. The number of halogens is 1. The van der Waals surface area contributed by atoms with Crippen molar-refractivity contribution in [3.63, 3.8) is 0 Å². The molecule has 1 aromatic carbocycles. The Morgan fingerprint density at radius 2 is 2.06 bits per heavy atom. The minimum atomic E-state index is -0.302. The summed E-state index contributed by atoms with van der Waals surface area (Å²) in [6, 6.07) is 5.87. The van der Waals surface area contributed by atoms with Gasteiger partial charge in [0.05, 0.1) is 13.0 Å². The third-order valence-corrected chi connectivity index (χ3v) is 2.04. The normalized spacial score (nSPS) is 10.1. The average Bonchev–Trinajstić information content (AvgIpc) is 2.28. The van der Waals surface area contributed by atoms with Crippen LogP contribution in [0.5, 0.6) is 0 Å². The first kappa shape index (κ1) is 12.6. The summed E-state index contributed by atoms with van der Waals surface area (Å²) >= 11 is 0. The summed E-state index contributed by atoms with van der Waals surface area (Å²) in [5.41, 5.74) is 0.786. The molecule has 4 nitrogen and oxygen atoms in total. The quantitative estimate of drug-likeness (QED) is 0.556. The number of nitrogens with two attached hydrogens (primary N) is 1. The predicted molar refractivity (Wildman–Crippen MR) is 57.9 cm³/mol. The zero-order chi connectivity index (χ0) is 11.8. The molecule has 0 atom stereocenters. The minimum absolute atomic E-state index is 0.0939. The van der Waals surface area contributed by atoms with E-state index in [2.05, 4.69) is 10.2 Å². The fraction of sp³-hybridized carbons (Fsp3) is 0.364. The Morgan fingerprint density at radius 3 is 2.69 bits per heavy atom. The van der Waals surface area contributed by atoms with E-state index >= 15 is 0 Å². The molecule has 0 saturated carbocycles. The van der Waals surface area contributed by atoms with Crippen LogP contribution in [0.4, 0.5) is 4.39 Å². The van der Waals surface area contributed by atoms with Crippen LogP contribution in [0.1, 0.15) is 12.0 Å². The first-order chi connectivity index (χ1) is 7.72. The van der Waals surface area contributed by atoms with E-state index in [1.165, 1.54) is 12.1 Å². The van der Waals surface area contributed by atoms with Crippen LogP contribution in [0, 0.1) is 5.82 Å². The van der Waals surface area contributed by atoms with Crippen LogP contribution in [0.2, 0.25) is 0 Å². The zero-order valence-corrected chi connectivity index (χ0v) is 8.91. The van der Waals surface area contributed by atoms with Gasteiger partial charge in [0.15, 0.2) is 0 Å². The van der Waals surface area contributed by atoms with Crippen LogP contribution in [0.25, 0.3) is 0 Å². The van der Waals surface area contributed by atoms with E-state index < -0.39 is 0 Å². The highest BCUT2D eigenvalue weighted by atomic mass is 19.1. The molecule has 0 aliphatic carbocycles. The first-order valence-corrected chi connectivity index (χ1v) is 5.05. The van der Waals surface area contributed by atoms with Gasteiger partial charge in [0.25, 0.3) is 0 Å². The second-order valence-electron chi connectivity index (χ2n) is 3.38. The van der Waals surface area contributed by atoms with Gasteiger partial charge in [-0.05, 0) is 24.1 Å². The number of benzene rings is 1. The van der Waals surface area contributed by atoms with Crippen molar-refractivity contribution in [3.05, 3.63) is 35.6 Å². The lowest BCUT2D eigenvalue weighted by Crippen LogP contribution is -2.27. The van der Waals surface area contributed by atoms with Crippen molar-refractivity contribution in [2.45, 2.75) is 12.8 Å². The van der Waals surface area contributed by atoms with Crippen LogP contribution in [0.3, 0.4) is 0 Å². The molecule has 3 N–H and O–H groups in total. The minimum Gasteiger partial charge on any atom is -0.356 e. The van der Waals surface area contributed by atoms with Gasteiger partial charge in [0.1, 0.15) is 5.82 Å². The number of amides is 1. The molecule has 0 aliphatic heterocycles. The zero-order valence-electron chi connectivity index (χ0n) is 8.91. The largest absolute Gasteiger partial charge is 0.356 e. The molecule has 0 heterocycles. The summed E-state index contributed by atoms with van der Waals surface area (Å²) in [4.78, 5) is 15.7. The standard InChI is InChI=1S/C11H15FN2O2/c12-10-4-2-9(3-5-10)8-11(15)14-6-1-7-16-13/h2-5H,1,6-8,13H2,(H,14,15). The molecule has 88 valence electrons. The van der Waals surface area contributed by atoms with Crippen molar-refractivity contribution >= 4 is 5.91 Å². The molecule has 0 spiro atoms. The van der Waals surface area contributed by atoms with Gasteiger partial charge in [-0.1, -0.05) is 12.1 Å². The summed E-state index contributed by atoms with van der Waals surface area (Å²) in [7, 11) is 0. The number of hydrogen-bond donors (Lipinski definition) is 2. The highest BCUT2D eigenvalue weighted by molar-refractivity contribution is 5.78. The van der Waals surface area contributed by atoms with Crippen molar-refractivity contribution in [1.82, 2.24) is 5.32 Å². The van der Waals surface area contributed by atoms with E-state index in [1.807, 2.05) is 0 Å². The van der Waals surface area contributed by atoms with Gasteiger partial charge >= 0.3 is 0 Å². The molecule has 0 aliphatic rings. The molecule has 16 heavy (non-hydrogen) atoms. The van der Waals surface area contributed by atoms with Crippen LogP contribution in [-0.2, 0) is 16.1 Å². The van der Waals surface area contributed by atoms with Gasteiger partial charge < -0.3 is 10.2 Å². The maximum atomic E-state index is 12.6. The second-order valence-corrected chi connectivity index (χ2v) is 3.38. The number of carbonyl (C=O) groups excluding carboxylic acids is 1. The Balaban J connectivity index is 2.26. The number of rotatable bonds is 6. The smallest absolute Gasteiger partial charge is 0.224 e. The maximum absolute atomic E-state index is 12.6. The Labute approximate surface area is 93.5 Å². The van der Waals surface area contributed by atoms with E-state index in [0.717, 1.165) is 5.56 Å². The van der Waals surface area contributed by atoms with Gasteiger partial charge in [0.2, 0.25) is 5.91 Å². The van der Waals surface area contributed by atoms with E-state index in [9.17, 15) is 9.18 Å². The van der Waals surface area contributed by atoms with Crippen molar-refractivity contribution in [3.8, 4) is 0 Å². The Bertz CT molecular complexity index is 327. The van der Waals surface area contributed by atoms with Crippen molar-refractivity contribution in [1.29, 1.82) is 0 Å². The first-order valence-electron chi connectivity index (χ1n) is 5.05. The van der Waals surface area contributed by atoms with Crippen molar-refractivity contribution in [2.24, 2.45) is 5.90 Å². The fourth-order valence-corrected chi connectivity index (χ4v) is 1.23. The predicted octanol–water partition coefficient (Wildman–Crippen LogP) is 0.765. The van der Waals surface area contributed by atoms with Gasteiger partial charge in [-0.3, -0.25) is 4.79 Å². The van der Waals surface area contributed by atoms with Crippen LogP contribution in [0.15, 0.2) is 24.3 Å². The summed E-state index contributed by atoms with van der Waals surface area (Å²) in [5, 5.41) is 2.71. The van der Waals surface area contributed by atoms with Gasteiger partial charge in [-0.15, -0.1) is 0 Å². The molecular formula is C11H15FN2O2. The Morgan fingerprint density at radius 1 is 1.38 bits per heavy atom. The monoisotopic (exact) mass is 226 g/mol. The fourth-order valence-electron chi connectivity index (χ4n) is 1.23. The van der Waals surface area contributed by atoms with E-state index in [4.69, 9.17) is 5.90 Å². The van der Waals surface area contributed by atoms with Crippen LogP contribution >= 0.6 is 0 Å². The van der Waals surface area contributed by atoms with Crippen molar-refractivity contribution in [2.75, 3.05) is 13.2 Å². The molecule has 5 heteroatoms. The lowest BCUT2D eigenvalue weighted by Gasteiger charge is -2.04. The molecule has 1 amide bonds. The maximum Gasteiger partial charge on any atom is 0.224 e. The Hall–Kier alpha value is -1.46. The third-order valence-electron chi connectivity index (χ3n) is 2.04. The summed E-state index contributed by atoms with van der Waals surface area (Å²) in [5.74, 6) is 4.44.